The van der Waals surface area contributed by atoms with Crippen LogP contribution >= 0.6 is 0 Å². The van der Waals surface area contributed by atoms with E-state index in [-0.39, 0.29) is 5.76 Å². The molecule has 21 heavy (non-hydrogen) atoms. The largest absolute Gasteiger partial charge is 0.475 e. The molecule has 0 aromatic carbocycles. The highest BCUT2D eigenvalue weighted by Crippen LogP contribution is 2.17. The normalized spacial score (nSPS) is 9.81. The smallest absolute Gasteiger partial charge is 0.371 e. The summed E-state index contributed by atoms with van der Waals surface area (Å²) < 4.78 is 6.50. The highest BCUT2D eigenvalue weighted by atomic mass is 16.4. The molecule has 7 nitrogen and oxygen atoms in total. The van der Waals surface area contributed by atoms with Crippen LogP contribution in [0.3, 0.4) is 0 Å². The predicted octanol–water partition coefficient (Wildman–Crippen LogP) is 2.65. The van der Waals surface area contributed by atoms with Crippen molar-refractivity contribution < 1.29 is 14.3 Å². The van der Waals surface area contributed by atoms with Crippen molar-refractivity contribution in [3.05, 3.63) is 48.6 Å². The lowest BCUT2D eigenvalue weighted by Gasteiger charge is -1.93. The molecule has 0 fully saturated rings. The molecule has 0 unspecified atom stereocenters. The molecule has 0 saturated carbocycles. The number of hydrogen-bond acceptors (Lipinski definition) is 5. The van der Waals surface area contributed by atoms with Crippen LogP contribution in [0.2, 0.25) is 0 Å². The van der Waals surface area contributed by atoms with Crippen LogP contribution in [0.4, 0.5) is 0 Å². The maximum absolute atomic E-state index is 10.7. The van der Waals surface area contributed by atoms with Crippen molar-refractivity contribution in [2.75, 3.05) is 0 Å². The van der Waals surface area contributed by atoms with E-state index in [9.17, 15) is 4.79 Å². The van der Waals surface area contributed by atoms with Gasteiger partial charge in [-0.25, -0.2) is 4.79 Å². The van der Waals surface area contributed by atoms with Crippen molar-refractivity contribution in [2.45, 2.75) is 13.8 Å². The number of rotatable bonds is 3. The molecule has 1 N–H and O–H groups in total. The summed E-state index contributed by atoms with van der Waals surface area (Å²) >= 11 is 0. The van der Waals surface area contributed by atoms with Crippen molar-refractivity contribution in [3.63, 3.8) is 0 Å². The lowest BCUT2D eigenvalue weighted by Crippen LogP contribution is -1.94. The summed E-state index contributed by atoms with van der Waals surface area (Å²) in [6, 6.07) is 6.53. The fourth-order valence-corrected chi connectivity index (χ4v) is 1.58. The number of carboxylic acids is 1. The lowest BCUT2D eigenvalue weighted by molar-refractivity contribution is 0.0662. The summed E-state index contributed by atoms with van der Waals surface area (Å²) in [6.45, 7) is 4.00. The molecule has 0 aliphatic rings. The second-order valence-electron chi connectivity index (χ2n) is 3.73. The zero-order valence-corrected chi connectivity index (χ0v) is 11.6. The van der Waals surface area contributed by atoms with E-state index < -0.39 is 5.97 Å². The Hall–Kier alpha value is -2.96. The van der Waals surface area contributed by atoms with Crippen LogP contribution in [0.25, 0.3) is 17.1 Å². The monoisotopic (exact) mass is 286 g/mol. The van der Waals surface area contributed by atoms with Gasteiger partial charge in [0, 0.05) is 24.0 Å². The first-order chi connectivity index (χ1) is 10.2. The van der Waals surface area contributed by atoms with E-state index in [1.54, 1.807) is 24.7 Å². The van der Waals surface area contributed by atoms with Gasteiger partial charge in [0.05, 0.1) is 6.20 Å². The molecule has 0 bridgehead atoms. The minimum absolute atomic E-state index is 0.145. The molecular formula is C14H14N4O3. The molecule has 108 valence electrons. The van der Waals surface area contributed by atoms with Crippen LogP contribution in [0.5, 0.6) is 0 Å². The molecule has 3 aromatic rings. The number of pyridine rings is 1. The Morgan fingerprint density at radius 2 is 2.10 bits per heavy atom. The van der Waals surface area contributed by atoms with Gasteiger partial charge in [-0.1, -0.05) is 19.1 Å². The van der Waals surface area contributed by atoms with Crippen molar-refractivity contribution in [1.29, 1.82) is 0 Å². The Morgan fingerprint density at radius 1 is 1.29 bits per heavy atom. The third kappa shape index (κ3) is 3.14. The minimum Gasteiger partial charge on any atom is -0.475 e. The molecule has 0 radical (unpaired) electrons. The second-order valence-corrected chi connectivity index (χ2v) is 3.73. The first-order valence-corrected chi connectivity index (χ1v) is 6.40. The van der Waals surface area contributed by atoms with Gasteiger partial charge in [-0.2, -0.15) is 4.68 Å². The van der Waals surface area contributed by atoms with E-state index in [0.717, 1.165) is 5.56 Å². The van der Waals surface area contributed by atoms with E-state index in [2.05, 4.69) is 15.3 Å². The highest BCUT2D eigenvalue weighted by Gasteiger charge is 2.12. The average molecular weight is 286 g/mol. The number of carboxylic acid groups (broad SMARTS) is 1. The van der Waals surface area contributed by atoms with Gasteiger partial charge in [-0.3, -0.25) is 4.98 Å². The quantitative estimate of drug-likeness (QED) is 0.795. The molecule has 3 heterocycles. The van der Waals surface area contributed by atoms with Gasteiger partial charge in [-0.15, -0.1) is 5.10 Å². The Morgan fingerprint density at radius 3 is 2.71 bits per heavy atom. The van der Waals surface area contributed by atoms with Gasteiger partial charge in [0.25, 0.3) is 0 Å². The summed E-state index contributed by atoms with van der Waals surface area (Å²) in [5, 5.41) is 16.7. The number of hydrogen-bond donors (Lipinski definition) is 1. The van der Waals surface area contributed by atoms with Gasteiger partial charge in [-0.05, 0) is 18.2 Å². The Labute approximate surface area is 120 Å². The van der Waals surface area contributed by atoms with Crippen molar-refractivity contribution in [3.8, 4) is 17.1 Å². The van der Waals surface area contributed by atoms with E-state index in [1.165, 1.54) is 16.8 Å². The molecule has 0 atom stereocenters. The first kappa shape index (κ1) is 14.4. The van der Waals surface area contributed by atoms with Gasteiger partial charge in [0.1, 0.15) is 5.69 Å². The van der Waals surface area contributed by atoms with Gasteiger partial charge >= 0.3 is 5.97 Å². The van der Waals surface area contributed by atoms with Crippen LogP contribution in [-0.4, -0.2) is 31.1 Å². The highest BCUT2D eigenvalue weighted by molar-refractivity contribution is 5.84. The third-order valence-electron chi connectivity index (χ3n) is 2.48. The van der Waals surface area contributed by atoms with E-state index in [0.29, 0.717) is 11.6 Å². The standard InChI is InChI=1S/C12H8N4O3.C2H6/c17-12(18)10-3-4-11(19-10)16-7-9(14-15-16)8-2-1-5-13-6-8;1-2/h1-7H,(H,17,18);1-2H3. The average Bonchev–Trinajstić information content (AvgIpc) is 3.19. The van der Waals surface area contributed by atoms with Crippen molar-refractivity contribution in [2.24, 2.45) is 0 Å². The summed E-state index contributed by atoms with van der Waals surface area (Å²) in [5.74, 6) is -0.979. The van der Waals surface area contributed by atoms with Crippen LogP contribution in [0, 0.1) is 0 Å². The molecule has 3 rings (SSSR count). The van der Waals surface area contributed by atoms with E-state index >= 15 is 0 Å². The Balaban J connectivity index is 0.000000774. The lowest BCUT2D eigenvalue weighted by atomic mass is 10.2. The predicted molar refractivity (Wildman–Crippen MR) is 75.2 cm³/mol. The topological polar surface area (TPSA) is 94.0 Å². The van der Waals surface area contributed by atoms with Gasteiger partial charge < -0.3 is 9.52 Å². The molecule has 0 amide bonds. The third-order valence-corrected chi connectivity index (χ3v) is 2.48. The summed E-state index contributed by atoms with van der Waals surface area (Å²) in [6.07, 6.45) is 4.97. The number of furan rings is 1. The summed E-state index contributed by atoms with van der Waals surface area (Å²) in [5.41, 5.74) is 1.44. The fraction of sp³-hybridized carbons (Fsp3) is 0.143. The van der Waals surface area contributed by atoms with Crippen molar-refractivity contribution >= 4 is 5.97 Å². The molecule has 0 aliphatic heterocycles. The maximum atomic E-state index is 10.7. The second kappa shape index (κ2) is 6.47. The Kier molecular flexibility index (Phi) is 4.45. The summed E-state index contributed by atoms with van der Waals surface area (Å²) in [7, 11) is 0. The van der Waals surface area contributed by atoms with E-state index in [1.807, 2.05) is 19.9 Å². The van der Waals surface area contributed by atoms with Gasteiger partial charge in [0.15, 0.2) is 0 Å². The van der Waals surface area contributed by atoms with E-state index in [4.69, 9.17) is 9.52 Å². The minimum atomic E-state index is -1.13. The Bertz CT molecular complexity index is 719. The zero-order valence-electron chi connectivity index (χ0n) is 11.6. The van der Waals surface area contributed by atoms with Crippen molar-refractivity contribution in [1.82, 2.24) is 20.0 Å². The fourth-order valence-electron chi connectivity index (χ4n) is 1.58. The number of carbonyl (C=O) groups is 1. The van der Waals surface area contributed by atoms with Crippen LogP contribution in [-0.2, 0) is 0 Å². The maximum Gasteiger partial charge on any atom is 0.371 e. The SMILES string of the molecule is CC.O=C(O)c1ccc(-n2cc(-c3cccnc3)nn2)o1. The number of aromatic nitrogens is 4. The molecule has 0 saturated heterocycles. The number of aromatic carboxylic acids is 1. The van der Waals surface area contributed by atoms with Gasteiger partial charge in [0.2, 0.25) is 11.6 Å². The first-order valence-electron chi connectivity index (χ1n) is 6.40. The molecule has 0 spiro atoms. The zero-order chi connectivity index (χ0) is 15.2. The molecular weight excluding hydrogens is 272 g/mol. The molecule has 7 heteroatoms. The summed E-state index contributed by atoms with van der Waals surface area (Å²) in [4.78, 5) is 14.7. The van der Waals surface area contributed by atoms with Crippen LogP contribution < -0.4 is 0 Å². The molecule has 3 aromatic heterocycles. The van der Waals surface area contributed by atoms with Crippen LogP contribution in [0.15, 0.2) is 47.3 Å². The molecule has 0 aliphatic carbocycles. The van der Waals surface area contributed by atoms with Crippen LogP contribution in [0.1, 0.15) is 24.4 Å². The number of nitrogens with zero attached hydrogens (tertiary/aromatic N) is 4.